The highest BCUT2D eigenvalue weighted by atomic mass is 32.1. The fourth-order valence-corrected chi connectivity index (χ4v) is 2.22. The molecular formula is C8H14S. The van der Waals surface area contributed by atoms with Crippen molar-refractivity contribution < 1.29 is 0 Å². The fourth-order valence-electron chi connectivity index (χ4n) is 2.07. The van der Waals surface area contributed by atoms with E-state index in [2.05, 4.69) is 27.7 Å². The van der Waals surface area contributed by atoms with Crippen molar-refractivity contribution in [3.05, 3.63) is 0 Å². The van der Waals surface area contributed by atoms with Gasteiger partial charge in [-0.15, -0.1) is 0 Å². The Hall–Kier alpha value is 0.0900. The summed E-state index contributed by atoms with van der Waals surface area (Å²) in [5, 5.41) is 0. The van der Waals surface area contributed by atoms with Crippen LogP contribution in [0.4, 0.5) is 0 Å². The molecule has 0 nitrogen and oxygen atoms in total. The van der Waals surface area contributed by atoms with E-state index in [0.29, 0.717) is 10.8 Å². The highest BCUT2D eigenvalue weighted by molar-refractivity contribution is 7.80. The van der Waals surface area contributed by atoms with Gasteiger partial charge in [-0.2, -0.15) is 0 Å². The van der Waals surface area contributed by atoms with E-state index in [-0.39, 0.29) is 0 Å². The van der Waals surface area contributed by atoms with E-state index in [1.807, 2.05) is 0 Å². The van der Waals surface area contributed by atoms with Crippen molar-refractivity contribution >= 4 is 17.1 Å². The first-order chi connectivity index (χ1) is 3.86. The van der Waals surface area contributed by atoms with Gasteiger partial charge in [0.05, 0.1) is 0 Å². The Bertz CT molecular complexity index is 138. The van der Waals surface area contributed by atoms with E-state index in [1.54, 1.807) is 0 Å². The Morgan fingerprint density at radius 3 is 1.44 bits per heavy atom. The Morgan fingerprint density at radius 1 is 1.11 bits per heavy atom. The maximum absolute atomic E-state index is 5.26. The summed E-state index contributed by atoms with van der Waals surface area (Å²) in [7, 11) is 0. The van der Waals surface area contributed by atoms with Gasteiger partial charge in [0.25, 0.3) is 0 Å². The average Bonchev–Trinajstić information content (AvgIpc) is 1.63. The van der Waals surface area contributed by atoms with Gasteiger partial charge in [0.1, 0.15) is 0 Å². The van der Waals surface area contributed by atoms with Crippen molar-refractivity contribution in [1.29, 1.82) is 0 Å². The van der Waals surface area contributed by atoms with Crippen LogP contribution < -0.4 is 0 Å². The third kappa shape index (κ3) is 0.917. The van der Waals surface area contributed by atoms with Gasteiger partial charge < -0.3 is 0 Å². The van der Waals surface area contributed by atoms with Gasteiger partial charge in [-0.3, -0.25) is 0 Å². The molecule has 0 aromatic carbocycles. The summed E-state index contributed by atoms with van der Waals surface area (Å²) in [5.41, 5.74) is 0.692. The SMILES string of the molecule is CC1(C)CC(C)(C)C1=S. The van der Waals surface area contributed by atoms with Gasteiger partial charge in [-0.25, -0.2) is 0 Å². The Labute approximate surface area is 62.6 Å². The number of hydrogen-bond acceptors (Lipinski definition) is 1. The van der Waals surface area contributed by atoms with Gasteiger partial charge in [-0.05, 0) is 17.3 Å². The molecule has 0 bridgehead atoms. The zero-order valence-electron chi connectivity index (χ0n) is 6.62. The molecule has 0 N–H and O–H groups in total. The highest BCUT2D eigenvalue weighted by Crippen LogP contribution is 2.50. The molecule has 0 spiro atoms. The molecule has 52 valence electrons. The molecule has 1 rings (SSSR count). The van der Waals surface area contributed by atoms with E-state index in [0.717, 1.165) is 0 Å². The van der Waals surface area contributed by atoms with Crippen molar-refractivity contribution in [2.75, 3.05) is 0 Å². The topological polar surface area (TPSA) is 0 Å². The molecule has 0 amide bonds. The fraction of sp³-hybridized carbons (Fsp3) is 0.875. The van der Waals surface area contributed by atoms with Gasteiger partial charge >= 0.3 is 0 Å². The van der Waals surface area contributed by atoms with Crippen LogP contribution in [0.25, 0.3) is 0 Å². The Kier molecular flexibility index (Phi) is 1.26. The molecule has 0 aliphatic heterocycles. The van der Waals surface area contributed by atoms with Crippen LogP contribution >= 0.6 is 12.2 Å². The minimum absolute atomic E-state index is 0.346. The molecule has 0 radical (unpaired) electrons. The van der Waals surface area contributed by atoms with Crippen molar-refractivity contribution in [2.24, 2.45) is 10.8 Å². The van der Waals surface area contributed by atoms with E-state index in [9.17, 15) is 0 Å². The predicted octanol–water partition coefficient (Wildman–Crippen LogP) is 2.81. The summed E-state index contributed by atoms with van der Waals surface area (Å²) >= 11 is 5.26. The lowest BCUT2D eigenvalue weighted by Crippen LogP contribution is -2.49. The van der Waals surface area contributed by atoms with Crippen molar-refractivity contribution in [3.63, 3.8) is 0 Å². The second-order valence-corrected chi connectivity index (χ2v) is 4.68. The van der Waals surface area contributed by atoms with Crippen molar-refractivity contribution in [1.82, 2.24) is 0 Å². The van der Waals surface area contributed by atoms with Crippen LogP contribution in [-0.2, 0) is 0 Å². The van der Waals surface area contributed by atoms with E-state index in [1.165, 1.54) is 11.3 Å². The van der Waals surface area contributed by atoms with Crippen LogP contribution in [0.2, 0.25) is 0 Å². The van der Waals surface area contributed by atoms with Crippen LogP contribution in [0.3, 0.4) is 0 Å². The van der Waals surface area contributed by atoms with E-state index < -0.39 is 0 Å². The van der Waals surface area contributed by atoms with Crippen molar-refractivity contribution in [3.8, 4) is 0 Å². The van der Waals surface area contributed by atoms with E-state index >= 15 is 0 Å². The minimum Gasteiger partial charge on any atom is -0.0885 e. The average molecular weight is 142 g/mol. The lowest BCUT2D eigenvalue weighted by atomic mass is 9.56. The number of hydrogen-bond donors (Lipinski definition) is 0. The minimum atomic E-state index is 0.346. The molecule has 1 saturated carbocycles. The lowest BCUT2D eigenvalue weighted by molar-refractivity contribution is 0.242. The van der Waals surface area contributed by atoms with Crippen LogP contribution in [-0.4, -0.2) is 4.86 Å². The molecule has 0 aromatic rings. The van der Waals surface area contributed by atoms with E-state index in [4.69, 9.17) is 12.2 Å². The first-order valence-electron chi connectivity index (χ1n) is 3.41. The second kappa shape index (κ2) is 1.57. The normalized spacial score (nSPS) is 29.6. The van der Waals surface area contributed by atoms with Gasteiger partial charge in [0.2, 0.25) is 0 Å². The first kappa shape index (κ1) is 7.20. The Balaban J connectivity index is 2.74. The molecule has 0 heterocycles. The zero-order valence-corrected chi connectivity index (χ0v) is 7.43. The molecule has 9 heavy (non-hydrogen) atoms. The Morgan fingerprint density at radius 2 is 1.44 bits per heavy atom. The molecule has 0 aromatic heterocycles. The summed E-state index contributed by atoms with van der Waals surface area (Å²) in [4.78, 5) is 1.25. The van der Waals surface area contributed by atoms with Crippen LogP contribution in [0, 0.1) is 10.8 Å². The zero-order chi connectivity index (χ0) is 7.28. The largest absolute Gasteiger partial charge is 0.0885 e. The molecule has 0 unspecified atom stereocenters. The lowest BCUT2D eigenvalue weighted by Gasteiger charge is -2.50. The maximum atomic E-state index is 5.26. The third-order valence-electron chi connectivity index (χ3n) is 2.11. The highest BCUT2D eigenvalue weighted by Gasteiger charge is 2.47. The van der Waals surface area contributed by atoms with Crippen LogP contribution in [0.15, 0.2) is 0 Å². The standard InChI is InChI=1S/C8H14S/c1-7(2)5-8(3,4)6(7)9/h5H2,1-4H3. The summed E-state index contributed by atoms with van der Waals surface area (Å²) in [6.45, 7) is 8.89. The summed E-state index contributed by atoms with van der Waals surface area (Å²) in [6.07, 6.45) is 1.25. The molecule has 0 saturated heterocycles. The third-order valence-corrected chi connectivity index (χ3v) is 3.22. The molecule has 1 fully saturated rings. The summed E-state index contributed by atoms with van der Waals surface area (Å²) in [6, 6.07) is 0. The molecular weight excluding hydrogens is 128 g/mol. The van der Waals surface area contributed by atoms with Crippen molar-refractivity contribution in [2.45, 2.75) is 34.1 Å². The molecule has 1 heteroatoms. The predicted molar refractivity (Wildman–Crippen MR) is 44.8 cm³/mol. The van der Waals surface area contributed by atoms with Crippen LogP contribution in [0.5, 0.6) is 0 Å². The van der Waals surface area contributed by atoms with Gasteiger partial charge in [-0.1, -0.05) is 39.9 Å². The van der Waals surface area contributed by atoms with Gasteiger partial charge in [0.15, 0.2) is 0 Å². The summed E-state index contributed by atoms with van der Waals surface area (Å²) < 4.78 is 0. The quantitative estimate of drug-likeness (QED) is 0.469. The number of thiocarbonyl (C=S) groups is 1. The molecule has 0 atom stereocenters. The number of rotatable bonds is 0. The van der Waals surface area contributed by atoms with Gasteiger partial charge in [0, 0.05) is 4.86 Å². The molecule has 1 aliphatic rings. The first-order valence-corrected chi connectivity index (χ1v) is 3.82. The summed E-state index contributed by atoms with van der Waals surface area (Å²) in [5.74, 6) is 0. The van der Waals surface area contributed by atoms with Crippen LogP contribution in [0.1, 0.15) is 34.1 Å². The smallest absolute Gasteiger partial charge is 0.00416 e. The molecule has 1 aliphatic carbocycles. The maximum Gasteiger partial charge on any atom is 0.00416 e. The monoisotopic (exact) mass is 142 g/mol. The second-order valence-electron chi connectivity index (χ2n) is 4.27.